The molecule has 2 amide bonds. The van der Waals surface area contributed by atoms with Crippen molar-refractivity contribution in [2.45, 2.75) is 13.3 Å². The van der Waals surface area contributed by atoms with Crippen molar-refractivity contribution in [2.75, 3.05) is 18.1 Å². The molecule has 7 nitrogen and oxygen atoms in total. The Bertz CT molecular complexity index is 1420. The second-order valence-electron chi connectivity index (χ2n) is 8.16. The predicted molar refractivity (Wildman–Crippen MR) is 135 cm³/mol. The summed E-state index contributed by atoms with van der Waals surface area (Å²) in [5, 5.41) is 0.608. The molecule has 0 fully saturated rings. The van der Waals surface area contributed by atoms with E-state index in [1.807, 2.05) is 42.5 Å². The average Bonchev–Trinajstić information content (AvgIpc) is 2.88. The summed E-state index contributed by atoms with van der Waals surface area (Å²) in [6.07, 6.45) is -0.106. The number of amides is 2. The Labute approximate surface area is 207 Å². The Morgan fingerprint density at radius 1 is 0.944 bits per heavy atom. The van der Waals surface area contributed by atoms with Gasteiger partial charge in [-0.3, -0.25) is 9.59 Å². The minimum Gasteiger partial charge on any atom is -0.452 e. The van der Waals surface area contributed by atoms with Gasteiger partial charge in [0.25, 0.3) is 5.91 Å². The number of primary amides is 1. The van der Waals surface area contributed by atoms with Gasteiger partial charge in [-0.05, 0) is 42.8 Å². The van der Waals surface area contributed by atoms with Crippen LogP contribution in [0.4, 0.5) is 10.1 Å². The number of hydrogen-bond donors (Lipinski definition) is 1. The first kappa shape index (κ1) is 24.5. The van der Waals surface area contributed by atoms with Gasteiger partial charge in [0.15, 0.2) is 6.61 Å². The van der Waals surface area contributed by atoms with Gasteiger partial charge in [0, 0.05) is 29.6 Å². The number of ether oxygens (including phenoxy) is 1. The van der Waals surface area contributed by atoms with E-state index in [1.165, 1.54) is 29.2 Å². The molecule has 4 rings (SSSR count). The van der Waals surface area contributed by atoms with E-state index in [0.717, 1.165) is 5.56 Å². The summed E-state index contributed by atoms with van der Waals surface area (Å²) in [6, 6.07) is 21.9. The molecule has 0 spiro atoms. The van der Waals surface area contributed by atoms with Crippen molar-refractivity contribution in [3.63, 3.8) is 0 Å². The van der Waals surface area contributed by atoms with Gasteiger partial charge in [0.2, 0.25) is 5.91 Å². The van der Waals surface area contributed by atoms with Crippen LogP contribution in [0, 0.1) is 12.7 Å². The van der Waals surface area contributed by atoms with Crippen molar-refractivity contribution in [1.82, 2.24) is 4.98 Å². The smallest absolute Gasteiger partial charge is 0.339 e. The summed E-state index contributed by atoms with van der Waals surface area (Å²) in [4.78, 5) is 43.6. The molecular formula is C28H24FN3O4. The fourth-order valence-electron chi connectivity index (χ4n) is 3.97. The summed E-state index contributed by atoms with van der Waals surface area (Å²) in [5.41, 5.74) is 8.65. The van der Waals surface area contributed by atoms with Crippen LogP contribution in [-0.2, 0) is 14.3 Å². The average molecular weight is 486 g/mol. The second kappa shape index (κ2) is 10.8. The molecule has 0 radical (unpaired) electrons. The summed E-state index contributed by atoms with van der Waals surface area (Å²) < 4.78 is 18.8. The Morgan fingerprint density at radius 3 is 2.31 bits per heavy atom. The van der Waals surface area contributed by atoms with Crippen LogP contribution in [-0.4, -0.2) is 35.9 Å². The van der Waals surface area contributed by atoms with Gasteiger partial charge in [-0.1, -0.05) is 48.5 Å². The molecular weight excluding hydrogens is 461 g/mol. The lowest BCUT2D eigenvalue weighted by Gasteiger charge is -2.22. The summed E-state index contributed by atoms with van der Waals surface area (Å²) in [6.45, 7) is 1.18. The van der Waals surface area contributed by atoms with E-state index >= 15 is 0 Å². The minimum atomic E-state index is -0.675. The van der Waals surface area contributed by atoms with Gasteiger partial charge in [0.05, 0.1) is 16.8 Å². The van der Waals surface area contributed by atoms with Crippen molar-refractivity contribution < 1.29 is 23.5 Å². The SMILES string of the molecule is Cc1c(-c2ccccc2)nc2ccccc2c1C(=O)OCC(=O)N(CCC(N)=O)c1ccc(F)cc1. The van der Waals surface area contributed by atoms with Gasteiger partial charge < -0.3 is 15.4 Å². The number of benzene rings is 3. The van der Waals surface area contributed by atoms with Crippen molar-refractivity contribution in [3.05, 3.63) is 95.8 Å². The van der Waals surface area contributed by atoms with Gasteiger partial charge in [0.1, 0.15) is 5.82 Å². The number of pyridine rings is 1. The van der Waals surface area contributed by atoms with E-state index < -0.39 is 30.2 Å². The molecule has 0 unspecified atom stereocenters. The molecule has 3 aromatic carbocycles. The van der Waals surface area contributed by atoms with Crippen LogP contribution in [0.25, 0.3) is 22.2 Å². The maximum Gasteiger partial charge on any atom is 0.339 e. The molecule has 36 heavy (non-hydrogen) atoms. The van der Waals surface area contributed by atoms with Crippen LogP contribution in [0.5, 0.6) is 0 Å². The lowest BCUT2D eigenvalue weighted by molar-refractivity contribution is -0.121. The number of aromatic nitrogens is 1. The van der Waals surface area contributed by atoms with Gasteiger partial charge in [-0.25, -0.2) is 14.2 Å². The van der Waals surface area contributed by atoms with Crippen LogP contribution in [0.2, 0.25) is 0 Å². The molecule has 0 aliphatic heterocycles. The number of anilines is 1. The first-order valence-electron chi connectivity index (χ1n) is 11.3. The highest BCUT2D eigenvalue weighted by Crippen LogP contribution is 2.30. The van der Waals surface area contributed by atoms with Crippen molar-refractivity contribution >= 4 is 34.4 Å². The molecule has 0 atom stereocenters. The molecule has 0 bridgehead atoms. The van der Waals surface area contributed by atoms with Crippen molar-refractivity contribution in [3.8, 4) is 11.3 Å². The topological polar surface area (TPSA) is 103 Å². The van der Waals surface area contributed by atoms with Crippen molar-refractivity contribution in [2.24, 2.45) is 5.73 Å². The van der Waals surface area contributed by atoms with Crippen LogP contribution >= 0.6 is 0 Å². The second-order valence-corrected chi connectivity index (χ2v) is 8.16. The van der Waals surface area contributed by atoms with Crippen LogP contribution in [0.1, 0.15) is 22.3 Å². The Kier molecular flexibility index (Phi) is 7.34. The number of carbonyl (C=O) groups excluding carboxylic acids is 3. The first-order valence-corrected chi connectivity index (χ1v) is 11.3. The van der Waals surface area contributed by atoms with Crippen LogP contribution in [0.15, 0.2) is 78.9 Å². The molecule has 182 valence electrons. The molecule has 0 saturated carbocycles. The predicted octanol–water partition coefficient (Wildman–Crippen LogP) is 4.41. The zero-order valence-electron chi connectivity index (χ0n) is 19.6. The Morgan fingerprint density at radius 2 is 1.61 bits per heavy atom. The maximum atomic E-state index is 13.4. The third-order valence-electron chi connectivity index (χ3n) is 5.74. The van der Waals surface area contributed by atoms with Crippen molar-refractivity contribution in [1.29, 1.82) is 0 Å². The summed E-state index contributed by atoms with van der Waals surface area (Å²) in [5.74, 6) is -2.32. The molecule has 1 heterocycles. The van der Waals surface area contributed by atoms with Gasteiger partial charge in [-0.2, -0.15) is 0 Å². The Balaban J connectivity index is 1.62. The quantitative estimate of drug-likeness (QED) is 0.372. The summed E-state index contributed by atoms with van der Waals surface area (Å²) in [7, 11) is 0. The molecule has 0 aliphatic carbocycles. The zero-order valence-corrected chi connectivity index (χ0v) is 19.6. The number of halogens is 1. The number of nitrogens with two attached hydrogens (primary N) is 1. The highest BCUT2D eigenvalue weighted by molar-refractivity contribution is 6.07. The lowest BCUT2D eigenvalue weighted by Crippen LogP contribution is -2.37. The summed E-state index contributed by atoms with van der Waals surface area (Å²) >= 11 is 0. The number of hydrogen-bond acceptors (Lipinski definition) is 5. The van der Waals surface area contributed by atoms with Crippen LogP contribution in [0.3, 0.4) is 0 Å². The van der Waals surface area contributed by atoms with E-state index in [2.05, 4.69) is 0 Å². The van der Waals surface area contributed by atoms with E-state index in [9.17, 15) is 18.8 Å². The number of esters is 1. The van der Waals surface area contributed by atoms with Gasteiger partial charge >= 0.3 is 5.97 Å². The molecule has 8 heteroatoms. The molecule has 1 aromatic heterocycles. The minimum absolute atomic E-state index is 0.0350. The third kappa shape index (κ3) is 5.38. The molecule has 2 N–H and O–H groups in total. The van der Waals surface area contributed by atoms with E-state index in [4.69, 9.17) is 15.5 Å². The number of carbonyl (C=O) groups is 3. The maximum absolute atomic E-state index is 13.4. The normalized spacial score (nSPS) is 10.7. The molecule has 0 aliphatic rings. The third-order valence-corrected chi connectivity index (χ3v) is 5.74. The highest BCUT2D eigenvalue weighted by Gasteiger charge is 2.23. The zero-order chi connectivity index (χ0) is 25.7. The highest BCUT2D eigenvalue weighted by atomic mass is 19.1. The number of para-hydroxylation sites is 1. The molecule has 0 saturated heterocycles. The standard InChI is InChI=1S/C28H24FN3O4/c1-18-26(22-9-5-6-10-23(22)31-27(18)19-7-3-2-4-8-19)28(35)36-17-25(34)32(16-15-24(30)33)21-13-11-20(29)12-14-21/h2-14H,15-17H2,1H3,(H2,30,33). The number of rotatable bonds is 8. The fourth-order valence-corrected chi connectivity index (χ4v) is 3.97. The number of nitrogens with zero attached hydrogens (tertiary/aromatic N) is 2. The fraction of sp³-hybridized carbons (Fsp3) is 0.143. The van der Waals surface area contributed by atoms with Gasteiger partial charge in [-0.15, -0.1) is 0 Å². The van der Waals surface area contributed by atoms with E-state index in [1.54, 1.807) is 19.1 Å². The lowest BCUT2D eigenvalue weighted by atomic mass is 9.98. The van der Waals surface area contributed by atoms with E-state index in [-0.39, 0.29) is 13.0 Å². The molecule has 4 aromatic rings. The van der Waals surface area contributed by atoms with E-state index in [0.29, 0.717) is 33.4 Å². The van der Waals surface area contributed by atoms with Crippen LogP contribution < -0.4 is 10.6 Å². The first-order chi connectivity index (χ1) is 17.3. The monoisotopic (exact) mass is 485 g/mol. The Hall–Kier alpha value is -4.59. The largest absolute Gasteiger partial charge is 0.452 e. The number of fused-ring (bicyclic) bond motifs is 1.